The first-order valence-corrected chi connectivity index (χ1v) is 14.0. The third-order valence-corrected chi connectivity index (χ3v) is 7.62. The van der Waals surface area contributed by atoms with Crippen molar-refractivity contribution in [1.29, 1.82) is 0 Å². The highest BCUT2D eigenvalue weighted by Gasteiger charge is 2.16. The van der Waals surface area contributed by atoms with Crippen molar-refractivity contribution in [2.45, 2.75) is 4.90 Å². The fourth-order valence-corrected chi connectivity index (χ4v) is 4.70. The SMILES string of the molecule is O=C(CSc1ccc(NC(=O)/C(=C/c2cccc(Cl)c2Cl)NC(=O)c2ccccc2)cc1)Nc1ccccc1Cl. The summed E-state index contributed by atoms with van der Waals surface area (Å²) in [5, 5.41) is 9.26. The molecule has 0 fully saturated rings. The van der Waals surface area contributed by atoms with E-state index in [0.29, 0.717) is 32.5 Å². The van der Waals surface area contributed by atoms with Crippen molar-refractivity contribution in [3.05, 3.63) is 129 Å². The van der Waals surface area contributed by atoms with E-state index in [-0.39, 0.29) is 22.4 Å². The third kappa shape index (κ3) is 8.13. The minimum absolute atomic E-state index is 0.0206. The molecule has 0 bridgehead atoms. The summed E-state index contributed by atoms with van der Waals surface area (Å²) in [5.74, 6) is -1.03. The molecule has 6 nitrogen and oxygen atoms in total. The molecule has 0 heterocycles. The van der Waals surface area contributed by atoms with Gasteiger partial charge in [0.05, 0.1) is 26.5 Å². The minimum Gasteiger partial charge on any atom is -0.324 e. The summed E-state index contributed by atoms with van der Waals surface area (Å²) in [6.45, 7) is 0. The van der Waals surface area contributed by atoms with Crippen LogP contribution in [-0.4, -0.2) is 23.5 Å². The Morgan fingerprint density at radius 3 is 2.12 bits per heavy atom. The summed E-state index contributed by atoms with van der Waals surface area (Å²) in [4.78, 5) is 39.2. The molecule has 0 atom stereocenters. The standard InChI is InChI=1S/C30H22Cl3N3O3S/c31-23-10-4-5-12-25(23)35-27(37)18-40-22-15-13-21(14-16-22)34-30(39)26(17-20-9-6-11-24(32)28(20)33)36-29(38)19-7-2-1-3-8-19/h1-17H,18H2,(H,34,39)(H,35,37)(H,36,38)/b26-17-. The Kier molecular flexibility index (Phi) is 10.3. The molecule has 202 valence electrons. The first-order valence-electron chi connectivity index (χ1n) is 11.9. The average Bonchev–Trinajstić information content (AvgIpc) is 2.96. The fourth-order valence-electron chi connectivity index (χ4n) is 3.46. The summed E-state index contributed by atoms with van der Waals surface area (Å²) in [6.07, 6.45) is 1.46. The molecule has 3 N–H and O–H groups in total. The lowest BCUT2D eigenvalue weighted by Gasteiger charge is -2.12. The molecule has 0 aromatic heterocycles. The van der Waals surface area contributed by atoms with Crippen LogP contribution in [0.15, 0.2) is 108 Å². The molecule has 0 radical (unpaired) electrons. The average molecular weight is 611 g/mol. The number of rotatable bonds is 9. The van der Waals surface area contributed by atoms with Crippen LogP contribution in [0.2, 0.25) is 15.1 Å². The van der Waals surface area contributed by atoms with Crippen LogP contribution in [0.5, 0.6) is 0 Å². The van der Waals surface area contributed by atoms with Crippen LogP contribution in [0, 0.1) is 0 Å². The molecule has 0 aliphatic heterocycles. The molecule has 0 saturated heterocycles. The summed E-state index contributed by atoms with van der Waals surface area (Å²) >= 11 is 19.9. The quantitative estimate of drug-likeness (QED) is 0.133. The van der Waals surface area contributed by atoms with Crippen molar-refractivity contribution in [2.75, 3.05) is 16.4 Å². The Labute approximate surface area is 250 Å². The molecule has 0 saturated carbocycles. The molecule has 4 aromatic rings. The second-order valence-corrected chi connectivity index (χ2v) is 10.6. The van der Waals surface area contributed by atoms with Crippen molar-refractivity contribution in [3.8, 4) is 0 Å². The van der Waals surface area contributed by atoms with Gasteiger partial charge in [0.15, 0.2) is 0 Å². The zero-order chi connectivity index (χ0) is 28.5. The predicted molar refractivity (Wildman–Crippen MR) is 164 cm³/mol. The Balaban J connectivity index is 1.44. The van der Waals surface area contributed by atoms with E-state index in [2.05, 4.69) is 16.0 Å². The van der Waals surface area contributed by atoms with Gasteiger partial charge in [0.25, 0.3) is 11.8 Å². The zero-order valence-electron chi connectivity index (χ0n) is 20.8. The topological polar surface area (TPSA) is 87.3 Å². The summed E-state index contributed by atoms with van der Waals surface area (Å²) in [6, 6.07) is 27.5. The molecule has 0 spiro atoms. The number of thioether (sulfide) groups is 1. The molecule has 0 aliphatic rings. The van der Waals surface area contributed by atoms with Crippen LogP contribution in [0.3, 0.4) is 0 Å². The molecular formula is C30H22Cl3N3O3S. The van der Waals surface area contributed by atoms with Gasteiger partial charge >= 0.3 is 0 Å². The third-order valence-electron chi connectivity index (χ3n) is 5.44. The molecule has 40 heavy (non-hydrogen) atoms. The number of nitrogens with one attached hydrogen (secondary N) is 3. The Bertz CT molecular complexity index is 1560. The number of amides is 3. The monoisotopic (exact) mass is 609 g/mol. The van der Waals surface area contributed by atoms with Gasteiger partial charge in [0.2, 0.25) is 5.91 Å². The van der Waals surface area contributed by atoms with Crippen LogP contribution >= 0.6 is 46.6 Å². The van der Waals surface area contributed by atoms with E-state index in [9.17, 15) is 14.4 Å². The number of carbonyl (C=O) groups is 3. The van der Waals surface area contributed by atoms with Gasteiger partial charge in [-0.05, 0) is 66.2 Å². The molecular weight excluding hydrogens is 589 g/mol. The number of benzene rings is 4. The largest absolute Gasteiger partial charge is 0.324 e. The minimum atomic E-state index is -0.556. The van der Waals surface area contributed by atoms with Crippen molar-refractivity contribution in [3.63, 3.8) is 0 Å². The van der Waals surface area contributed by atoms with Crippen LogP contribution in [0.25, 0.3) is 6.08 Å². The molecule has 0 aliphatic carbocycles. The van der Waals surface area contributed by atoms with Crippen LogP contribution < -0.4 is 16.0 Å². The zero-order valence-corrected chi connectivity index (χ0v) is 23.9. The van der Waals surface area contributed by atoms with E-state index in [1.165, 1.54) is 17.8 Å². The maximum atomic E-state index is 13.2. The van der Waals surface area contributed by atoms with Crippen molar-refractivity contribution >= 4 is 81.7 Å². The first-order chi connectivity index (χ1) is 19.3. The number of anilines is 2. The van der Waals surface area contributed by atoms with Gasteiger partial charge in [-0.2, -0.15) is 0 Å². The normalized spacial score (nSPS) is 11.0. The van der Waals surface area contributed by atoms with Crippen LogP contribution in [-0.2, 0) is 9.59 Å². The number of carbonyl (C=O) groups excluding carboxylic acids is 3. The van der Waals surface area contributed by atoms with Crippen molar-refractivity contribution < 1.29 is 14.4 Å². The predicted octanol–water partition coefficient (Wildman–Crippen LogP) is 7.79. The highest BCUT2D eigenvalue weighted by molar-refractivity contribution is 8.00. The highest BCUT2D eigenvalue weighted by atomic mass is 35.5. The van der Waals surface area contributed by atoms with E-state index in [1.807, 2.05) is 0 Å². The van der Waals surface area contributed by atoms with E-state index >= 15 is 0 Å². The lowest BCUT2D eigenvalue weighted by atomic mass is 10.1. The first kappa shape index (κ1) is 29.2. The van der Waals surface area contributed by atoms with Gasteiger partial charge in [0, 0.05) is 16.1 Å². The Morgan fingerprint density at radius 1 is 0.725 bits per heavy atom. The van der Waals surface area contributed by atoms with Crippen molar-refractivity contribution in [2.24, 2.45) is 0 Å². The highest BCUT2D eigenvalue weighted by Crippen LogP contribution is 2.28. The van der Waals surface area contributed by atoms with E-state index in [1.54, 1.807) is 97.1 Å². The molecule has 0 unspecified atom stereocenters. The lowest BCUT2D eigenvalue weighted by molar-refractivity contribution is -0.114. The van der Waals surface area contributed by atoms with Crippen molar-refractivity contribution in [1.82, 2.24) is 5.32 Å². The van der Waals surface area contributed by atoms with Crippen LogP contribution in [0.1, 0.15) is 15.9 Å². The van der Waals surface area contributed by atoms with E-state index < -0.39 is 11.8 Å². The Hall–Kier alpha value is -3.75. The molecule has 4 rings (SSSR count). The van der Waals surface area contributed by atoms with Crippen LogP contribution in [0.4, 0.5) is 11.4 Å². The molecule has 3 amide bonds. The van der Waals surface area contributed by atoms with Gasteiger partial charge in [-0.25, -0.2) is 0 Å². The smallest absolute Gasteiger partial charge is 0.272 e. The van der Waals surface area contributed by atoms with Gasteiger partial charge in [0.1, 0.15) is 5.70 Å². The lowest BCUT2D eigenvalue weighted by Crippen LogP contribution is -2.30. The fraction of sp³-hybridized carbons (Fsp3) is 0.0333. The van der Waals surface area contributed by atoms with Gasteiger partial charge in [-0.1, -0.05) is 77.3 Å². The second-order valence-electron chi connectivity index (χ2n) is 8.32. The number of para-hydroxylation sites is 1. The van der Waals surface area contributed by atoms with Gasteiger partial charge < -0.3 is 16.0 Å². The summed E-state index contributed by atoms with van der Waals surface area (Å²) < 4.78 is 0. The van der Waals surface area contributed by atoms with E-state index in [0.717, 1.165) is 4.90 Å². The van der Waals surface area contributed by atoms with Gasteiger partial charge in [-0.3, -0.25) is 14.4 Å². The summed E-state index contributed by atoms with van der Waals surface area (Å²) in [7, 11) is 0. The number of hydrogen-bond acceptors (Lipinski definition) is 4. The maximum absolute atomic E-state index is 13.2. The number of halogens is 3. The second kappa shape index (κ2) is 14.1. The molecule has 4 aromatic carbocycles. The van der Waals surface area contributed by atoms with Gasteiger partial charge in [-0.15, -0.1) is 11.8 Å². The molecule has 10 heteroatoms. The Morgan fingerprint density at radius 2 is 1.40 bits per heavy atom. The maximum Gasteiger partial charge on any atom is 0.272 e. The van der Waals surface area contributed by atoms with E-state index in [4.69, 9.17) is 34.8 Å². The summed E-state index contributed by atoms with van der Waals surface area (Å²) in [5.41, 5.74) is 1.88. The number of hydrogen-bond donors (Lipinski definition) is 3.